The summed E-state index contributed by atoms with van der Waals surface area (Å²) in [4.78, 5) is 17.2. The van der Waals surface area contributed by atoms with Crippen molar-refractivity contribution in [3.63, 3.8) is 0 Å². The van der Waals surface area contributed by atoms with Gasteiger partial charge in [0.1, 0.15) is 11.0 Å². The Morgan fingerprint density at radius 3 is 1.05 bits per heavy atom. The third-order valence-electron chi connectivity index (χ3n) is 12.6. The number of nitrogens with zero attached hydrogens (tertiary/aromatic N) is 4. The smallest absolute Gasteiger partial charge is 0.0622 e. The number of rotatable bonds is 14. The molecule has 0 amide bonds. The van der Waals surface area contributed by atoms with Gasteiger partial charge in [0.25, 0.3) is 0 Å². The van der Waals surface area contributed by atoms with E-state index >= 15 is 0 Å². The number of hydrogen-bond acceptors (Lipinski definition) is 10. The Labute approximate surface area is 606 Å². The molecule has 0 unspecified atom stereocenters. The van der Waals surface area contributed by atoms with Crippen LogP contribution in [0.1, 0.15) is 5.56 Å². The van der Waals surface area contributed by atoms with E-state index in [1.54, 1.807) is 54.9 Å². The van der Waals surface area contributed by atoms with Crippen LogP contribution < -0.4 is 114 Å². The zero-order valence-electron chi connectivity index (χ0n) is 50.2. The fourth-order valence-electron chi connectivity index (χ4n) is 8.46. The van der Waals surface area contributed by atoms with Gasteiger partial charge in [0.15, 0.2) is 34.6 Å². The molecule has 12 rings (SSSR count). The van der Waals surface area contributed by atoms with Crippen molar-refractivity contribution in [1.29, 1.82) is 0 Å². The molecule has 8 aromatic carbocycles. The average molecular weight is 1510 g/mol. The number of nitrogen functional groups attached to an aromatic ring is 2. The average Bonchev–Trinajstić information content (AvgIpc) is 0.866. The van der Waals surface area contributed by atoms with Crippen molar-refractivity contribution in [1.82, 2.24) is 19.9 Å². The van der Waals surface area contributed by atoms with Crippen LogP contribution in [0.25, 0.3) is 28.1 Å². The number of hydrogen-bond donors (Lipinski definition) is 2. The maximum atomic E-state index is 13.9. The summed E-state index contributed by atoms with van der Waals surface area (Å²) in [6, 6.07) is 79.9. The molecule has 0 saturated heterocycles. The van der Waals surface area contributed by atoms with Crippen molar-refractivity contribution in [2.24, 2.45) is 0 Å². The van der Waals surface area contributed by atoms with Gasteiger partial charge in [0, 0.05) is 53.6 Å². The monoisotopic (exact) mass is 1510 g/mol. The third-order valence-corrected chi connectivity index (χ3v) is 18.0. The maximum Gasteiger partial charge on any atom is 1.00 e. The first kappa shape index (κ1) is 75.1. The molecule has 0 spiro atoms. The van der Waals surface area contributed by atoms with Crippen LogP contribution in [0, 0.1) is 11.6 Å². The molecule has 0 fully saturated rings. The second kappa shape index (κ2) is 39.1. The summed E-state index contributed by atoms with van der Waals surface area (Å²) >= 11 is 3.24. The Morgan fingerprint density at radius 1 is 0.473 bits per heavy atom. The second-order valence-corrected chi connectivity index (χ2v) is 26.5. The minimum absolute atomic E-state index is 0. The summed E-state index contributed by atoms with van der Waals surface area (Å²) < 4.78 is 82.3. The predicted octanol–water partition coefficient (Wildman–Crippen LogP) is 14.5. The van der Waals surface area contributed by atoms with E-state index in [-0.39, 0.29) is 84.8 Å². The van der Waals surface area contributed by atoms with Gasteiger partial charge in [-0.1, -0.05) is 195 Å². The van der Waals surface area contributed by atoms with Crippen LogP contribution in [-0.4, -0.2) is 41.1 Å². The number of methoxy groups -OCH3 is 2. The molecule has 0 atom stereocenters. The number of fused-ring (bicyclic) bond motifs is 2. The van der Waals surface area contributed by atoms with E-state index in [2.05, 4.69) is 231 Å². The van der Waals surface area contributed by atoms with Gasteiger partial charge in [-0.05, 0) is 100.0 Å². The van der Waals surface area contributed by atoms with Gasteiger partial charge in [-0.3, -0.25) is 9.97 Å². The minimum Gasteiger partial charge on any atom is -0.0622 e. The van der Waals surface area contributed by atoms with Crippen LogP contribution in [0.4, 0.5) is 33.1 Å². The quantitative estimate of drug-likeness (QED) is 0.0468. The van der Waals surface area contributed by atoms with Crippen LogP contribution in [-0.2, 0) is 15.9 Å². The molecule has 4 heterocycles. The normalized spacial score (nSPS) is 10.4. The Bertz CT molecular complexity index is 3980. The Balaban J connectivity index is 0.000000188. The van der Waals surface area contributed by atoms with Gasteiger partial charge in [0.05, 0.1) is 29.7 Å². The number of ether oxygens (including phenoxy) is 4. The molecule has 93 heavy (non-hydrogen) atoms. The van der Waals surface area contributed by atoms with Crippen molar-refractivity contribution in [2.45, 2.75) is 0 Å². The summed E-state index contributed by atoms with van der Waals surface area (Å²) in [7, 11) is 11.8. The van der Waals surface area contributed by atoms with Crippen molar-refractivity contribution in [3.8, 4) is 34.8 Å². The van der Waals surface area contributed by atoms with E-state index < -0.39 is 34.5 Å². The SMILES string of the molecule is C=C[B-](F)(F)F.C=Cc1cc2nccc(Oc3ccc(N)cc3F)c2nc1OC.COc1nc2c(Oc3ccc(N)cc3F)ccnc2cc1Br.[Cl][Pd][Cl].[K+].c1ccc(P(c2ccccc2)c2ccccc2)cc1.c1ccc(P(c2ccccc2)c2ccccc2)cc1. The molecule has 0 aliphatic carbocycles. The molecule has 10 nitrogen and oxygen atoms in total. The molecule has 472 valence electrons. The van der Waals surface area contributed by atoms with Crippen LogP contribution in [0.3, 0.4) is 0 Å². The third kappa shape index (κ3) is 22.9. The van der Waals surface area contributed by atoms with E-state index in [0.717, 1.165) is 0 Å². The largest absolute Gasteiger partial charge is 1.00 e. The second-order valence-electron chi connectivity index (χ2n) is 18.8. The Hall–Kier alpha value is -6.91. The van der Waals surface area contributed by atoms with Crippen molar-refractivity contribution in [3.05, 3.63) is 296 Å². The summed E-state index contributed by atoms with van der Waals surface area (Å²) in [6.07, 6.45) is 4.75. The number of anilines is 2. The molecule has 0 aliphatic rings. The van der Waals surface area contributed by atoms with Crippen LogP contribution in [0.15, 0.2) is 279 Å². The van der Waals surface area contributed by atoms with Gasteiger partial charge in [-0.15, -0.1) is 6.58 Å². The minimum atomic E-state index is -4.72. The van der Waals surface area contributed by atoms with Crippen LogP contribution in [0.5, 0.6) is 34.8 Å². The van der Waals surface area contributed by atoms with Gasteiger partial charge in [-0.25, -0.2) is 18.7 Å². The van der Waals surface area contributed by atoms with E-state index in [4.69, 9.17) is 49.5 Å². The first-order chi connectivity index (χ1) is 44.6. The standard InChI is InChI=1S/2C18H15P.C17H14FN3O2.C15H11BrFN3O2.C2H3BF3.2ClH.K.Pd/c2*1-4-10-16(11-5-1)19(17-12-6-2-7-13-17)18-14-8-3-9-15-18;1-3-10-8-13-16(21-17(10)22-2)15(6-7-20-13)23-14-5-4-11(19)9-12(14)18;1-21-15-9(16)7-11-14(20-15)13(4-5-19-11)22-12-3-2-8(18)6-10(12)17;1-2-3(4,5)6;;;;/h2*1-15H;3-9H,1,19H2,2H3;2-7H,18H2,1H3;2H,1H2;2*1H;;/q;;;;-1;;;+1;+2/p-2. The van der Waals surface area contributed by atoms with Gasteiger partial charge < -0.3 is 43.4 Å². The maximum absolute atomic E-state index is 13.9. The summed E-state index contributed by atoms with van der Waals surface area (Å²) in [5.74, 6) is 0.544. The van der Waals surface area contributed by atoms with Gasteiger partial charge in [0.2, 0.25) is 11.8 Å². The fourth-order valence-corrected chi connectivity index (χ4v) is 13.5. The first-order valence-corrected chi connectivity index (χ1v) is 35.0. The van der Waals surface area contributed by atoms with Crippen LogP contribution >= 0.6 is 50.8 Å². The van der Waals surface area contributed by atoms with Crippen molar-refractivity contribution in [2.75, 3.05) is 25.7 Å². The molecule has 4 aromatic heterocycles. The zero-order valence-corrected chi connectivity index (χ0v) is 59.8. The van der Waals surface area contributed by atoms with Crippen molar-refractivity contribution < 1.29 is 108 Å². The molecule has 0 radical (unpaired) electrons. The fraction of sp³-hybridized carbons (Fsp3) is 0.0286. The number of aromatic nitrogens is 4. The first-order valence-electron chi connectivity index (χ1n) is 27.6. The topological polar surface area (TPSA) is 141 Å². The summed E-state index contributed by atoms with van der Waals surface area (Å²) in [5.41, 5.74) is 14.6. The Morgan fingerprint density at radius 2 is 0.774 bits per heavy atom. The molecule has 0 aliphatic heterocycles. The molecular formula is C70H58BBrCl2F5KN6O4P2Pd. The number of halogens is 8. The van der Waals surface area contributed by atoms with E-state index in [1.807, 2.05) is 0 Å². The molecular weight excluding hydrogens is 1450 g/mol. The van der Waals surface area contributed by atoms with Gasteiger partial charge in [-0.2, -0.15) is 5.98 Å². The number of benzene rings is 8. The molecule has 0 bridgehead atoms. The molecule has 4 N–H and O–H groups in total. The molecule has 12 aromatic rings. The van der Waals surface area contributed by atoms with E-state index in [0.29, 0.717) is 66.7 Å². The Kier molecular flexibility index (Phi) is 31.6. The summed E-state index contributed by atoms with van der Waals surface area (Å²) in [5, 5.41) is 8.39. The van der Waals surface area contributed by atoms with Crippen molar-refractivity contribution >= 4 is 129 Å². The predicted molar refractivity (Wildman–Crippen MR) is 373 cm³/mol. The number of nitrogens with two attached hydrogens (primary N) is 2. The van der Waals surface area contributed by atoms with Gasteiger partial charge >= 0.3 is 93.4 Å². The number of pyridine rings is 4. The van der Waals surface area contributed by atoms with E-state index in [1.165, 1.54) is 70.3 Å². The van der Waals surface area contributed by atoms with Crippen LogP contribution in [0.2, 0.25) is 0 Å². The zero-order chi connectivity index (χ0) is 65.8. The summed E-state index contributed by atoms with van der Waals surface area (Å²) in [6.45, 7) is 1.53. The van der Waals surface area contributed by atoms with E-state index in [9.17, 15) is 21.7 Å². The molecule has 0 saturated carbocycles. The molecule has 23 heteroatoms.